The van der Waals surface area contributed by atoms with Crippen LogP contribution >= 0.6 is 0 Å². The van der Waals surface area contributed by atoms with E-state index in [1.54, 1.807) is 26.8 Å². The van der Waals surface area contributed by atoms with E-state index in [0.29, 0.717) is 70.4 Å². The quantitative estimate of drug-likeness (QED) is 0.485. The summed E-state index contributed by atoms with van der Waals surface area (Å²) in [7, 11) is 0. The summed E-state index contributed by atoms with van der Waals surface area (Å²) in [6.07, 6.45) is 6.25. The third-order valence-corrected chi connectivity index (χ3v) is 8.92. The number of nitrogens with zero attached hydrogens (tertiary/aromatic N) is 3. The second kappa shape index (κ2) is 15.5. The topological polar surface area (TPSA) is 130 Å². The Kier molecular flexibility index (Phi) is 11.2. The Morgan fingerprint density at radius 2 is 1.63 bits per heavy atom. The van der Waals surface area contributed by atoms with Crippen LogP contribution in [0, 0.1) is 0 Å². The monoisotopic (exact) mass is 599 g/mol. The van der Waals surface area contributed by atoms with Gasteiger partial charge in [0.1, 0.15) is 24.9 Å². The lowest BCUT2D eigenvalue weighted by Crippen LogP contribution is -2.58. The van der Waals surface area contributed by atoms with Crippen molar-refractivity contribution in [2.24, 2.45) is 0 Å². The van der Waals surface area contributed by atoms with Gasteiger partial charge in [0.2, 0.25) is 17.7 Å². The molecule has 43 heavy (non-hydrogen) atoms. The van der Waals surface area contributed by atoms with E-state index < -0.39 is 6.04 Å². The van der Waals surface area contributed by atoms with Crippen LogP contribution in [-0.4, -0.2) is 128 Å². The summed E-state index contributed by atoms with van der Waals surface area (Å²) in [6, 6.07) is 8.55. The first kappa shape index (κ1) is 31.2. The van der Waals surface area contributed by atoms with Crippen molar-refractivity contribution >= 4 is 23.6 Å². The Labute approximate surface area is 253 Å². The van der Waals surface area contributed by atoms with Gasteiger partial charge in [0.05, 0.1) is 19.8 Å². The van der Waals surface area contributed by atoms with Crippen molar-refractivity contribution in [1.29, 1.82) is 0 Å². The number of likely N-dealkylation sites (tertiary alicyclic amines) is 1. The molecule has 236 valence electrons. The average molecular weight is 600 g/mol. The molecule has 0 bridgehead atoms. The molecule has 3 heterocycles. The van der Waals surface area contributed by atoms with Crippen molar-refractivity contribution in [2.75, 3.05) is 65.8 Å². The summed E-state index contributed by atoms with van der Waals surface area (Å²) >= 11 is 0. The Hall–Kier alpha value is -3.22. The molecule has 4 fully saturated rings. The number of carbonyl (C=O) groups is 4. The Morgan fingerprint density at radius 3 is 2.40 bits per heavy atom. The second-order valence-electron chi connectivity index (χ2n) is 11.8. The fourth-order valence-corrected chi connectivity index (χ4v) is 6.62. The van der Waals surface area contributed by atoms with E-state index in [1.807, 2.05) is 18.2 Å². The molecule has 12 nitrogen and oxygen atoms in total. The first-order chi connectivity index (χ1) is 21.0. The number of rotatable bonds is 6. The minimum atomic E-state index is -0.643. The minimum absolute atomic E-state index is 0.0554. The van der Waals surface area contributed by atoms with Crippen molar-refractivity contribution in [1.82, 2.24) is 25.3 Å². The molecule has 1 saturated carbocycles. The summed E-state index contributed by atoms with van der Waals surface area (Å²) in [6.45, 7) is 2.21. The van der Waals surface area contributed by atoms with Crippen molar-refractivity contribution in [2.45, 2.75) is 69.1 Å². The van der Waals surface area contributed by atoms with Crippen LogP contribution in [0.1, 0.15) is 44.9 Å². The van der Waals surface area contributed by atoms with Crippen LogP contribution < -0.4 is 15.4 Å². The minimum Gasteiger partial charge on any atom is -0.484 e. The lowest BCUT2D eigenvalue weighted by atomic mass is 10.0. The van der Waals surface area contributed by atoms with Crippen LogP contribution in [0.2, 0.25) is 0 Å². The summed E-state index contributed by atoms with van der Waals surface area (Å²) in [5.41, 5.74) is 0. The zero-order chi connectivity index (χ0) is 30.0. The number of hydrogen-bond acceptors (Lipinski definition) is 8. The third kappa shape index (κ3) is 8.45. The predicted octanol–water partition coefficient (Wildman–Crippen LogP) is 0.550. The van der Waals surface area contributed by atoms with Gasteiger partial charge < -0.3 is 39.5 Å². The molecule has 1 aromatic rings. The average Bonchev–Trinajstić information content (AvgIpc) is 3.70. The number of fused-ring (bicyclic) bond motifs is 1. The van der Waals surface area contributed by atoms with Crippen molar-refractivity contribution in [3.8, 4) is 5.75 Å². The third-order valence-electron chi connectivity index (χ3n) is 8.92. The number of nitrogens with one attached hydrogen (secondary N) is 2. The van der Waals surface area contributed by atoms with Crippen molar-refractivity contribution < 1.29 is 33.4 Å². The van der Waals surface area contributed by atoms with Gasteiger partial charge in [0, 0.05) is 44.3 Å². The van der Waals surface area contributed by atoms with Gasteiger partial charge in [0.25, 0.3) is 5.91 Å². The second-order valence-corrected chi connectivity index (χ2v) is 11.8. The molecule has 1 aromatic carbocycles. The smallest absolute Gasteiger partial charge is 0.260 e. The normalized spacial score (nSPS) is 25.7. The number of piperidine rings is 1. The van der Waals surface area contributed by atoms with Crippen LogP contribution in [0.3, 0.4) is 0 Å². The molecule has 5 rings (SSSR count). The molecule has 0 radical (unpaired) electrons. The highest BCUT2D eigenvalue weighted by Gasteiger charge is 2.43. The van der Waals surface area contributed by atoms with E-state index in [4.69, 9.17) is 14.2 Å². The Balaban J connectivity index is 1.24. The van der Waals surface area contributed by atoms with E-state index in [0.717, 1.165) is 12.8 Å². The van der Waals surface area contributed by atoms with Gasteiger partial charge in [0.15, 0.2) is 6.61 Å². The highest BCUT2D eigenvalue weighted by molar-refractivity contribution is 5.91. The molecule has 3 aliphatic heterocycles. The van der Waals surface area contributed by atoms with E-state index in [1.165, 1.54) is 12.8 Å². The molecule has 3 saturated heterocycles. The molecular formula is C31H45N5O7. The maximum absolute atomic E-state index is 13.8. The summed E-state index contributed by atoms with van der Waals surface area (Å²) in [4.78, 5) is 58.4. The van der Waals surface area contributed by atoms with Crippen LogP contribution in [0.5, 0.6) is 5.75 Å². The standard InChI is InChI=1S/C31H45N5O7/c37-27-20-36(24-10-14-34(15-11-24)28(38)22-43-25-8-2-1-3-9-25)29(39)21-42-19-18-41-17-13-32-31(40)30-26(12-16-35(27)30)33-23-6-4-5-7-23/h1-3,8-9,23-24,26,30,33H,4-7,10-22H2,(H,32,40)/t26-,30+/m1/s1. The summed E-state index contributed by atoms with van der Waals surface area (Å²) in [5.74, 6) is -0.196. The lowest BCUT2D eigenvalue weighted by molar-refractivity contribution is -0.149. The van der Waals surface area contributed by atoms with E-state index in [9.17, 15) is 19.2 Å². The van der Waals surface area contributed by atoms with Gasteiger partial charge >= 0.3 is 0 Å². The number of ether oxygens (including phenoxy) is 3. The number of amides is 4. The Morgan fingerprint density at radius 1 is 0.884 bits per heavy atom. The van der Waals surface area contributed by atoms with Gasteiger partial charge in [-0.05, 0) is 44.2 Å². The van der Waals surface area contributed by atoms with Crippen LogP contribution in [0.25, 0.3) is 0 Å². The predicted molar refractivity (Wildman–Crippen MR) is 157 cm³/mol. The number of benzene rings is 1. The van der Waals surface area contributed by atoms with Crippen LogP contribution in [0.4, 0.5) is 0 Å². The first-order valence-corrected chi connectivity index (χ1v) is 15.7. The fraction of sp³-hybridized carbons (Fsp3) is 0.677. The van der Waals surface area contributed by atoms with Gasteiger partial charge in [-0.2, -0.15) is 0 Å². The fourth-order valence-electron chi connectivity index (χ4n) is 6.62. The van der Waals surface area contributed by atoms with Gasteiger partial charge in [-0.3, -0.25) is 19.2 Å². The molecule has 4 amide bonds. The zero-order valence-corrected chi connectivity index (χ0v) is 24.9. The van der Waals surface area contributed by atoms with Crippen LogP contribution in [-0.2, 0) is 28.7 Å². The highest BCUT2D eigenvalue weighted by atomic mass is 16.5. The number of hydrogen-bond donors (Lipinski definition) is 2. The molecular weight excluding hydrogens is 554 g/mol. The molecule has 0 spiro atoms. The largest absolute Gasteiger partial charge is 0.484 e. The molecule has 4 aliphatic rings. The summed E-state index contributed by atoms with van der Waals surface area (Å²) in [5, 5.41) is 6.61. The zero-order valence-electron chi connectivity index (χ0n) is 24.9. The maximum Gasteiger partial charge on any atom is 0.260 e. The molecule has 2 atom stereocenters. The number of carbonyl (C=O) groups excluding carboxylic acids is 4. The molecule has 0 unspecified atom stereocenters. The van der Waals surface area contributed by atoms with E-state index >= 15 is 0 Å². The van der Waals surface area contributed by atoms with Crippen LogP contribution in [0.15, 0.2) is 30.3 Å². The molecule has 1 aliphatic carbocycles. The van der Waals surface area contributed by atoms with E-state index in [-0.39, 0.29) is 62.1 Å². The van der Waals surface area contributed by atoms with Gasteiger partial charge in [-0.1, -0.05) is 31.0 Å². The number of para-hydroxylation sites is 1. The molecule has 2 N–H and O–H groups in total. The van der Waals surface area contributed by atoms with Crippen molar-refractivity contribution in [3.63, 3.8) is 0 Å². The van der Waals surface area contributed by atoms with Gasteiger partial charge in [-0.15, -0.1) is 0 Å². The van der Waals surface area contributed by atoms with Crippen molar-refractivity contribution in [3.05, 3.63) is 30.3 Å². The lowest BCUT2D eigenvalue weighted by Gasteiger charge is -2.39. The molecule has 0 aromatic heterocycles. The highest BCUT2D eigenvalue weighted by Crippen LogP contribution is 2.25. The first-order valence-electron chi connectivity index (χ1n) is 15.7. The van der Waals surface area contributed by atoms with E-state index in [2.05, 4.69) is 10.6 Å². The van der Waals surface area contributed by atoms with Gasteiger partial charge in [-0.25, -0.2) is 0 Å². The summed E-state index contributed by atoms with van der Waals surface area (Å²) < 4.78 is 16.8. The maximum atomic E-state index is 13.8. The molecule has 12 heteroatoms. The SMILES string of the molecule is O=C1NCCOCCOCC(=O)N(C2CCN(C(=O)COc3ccccc3)CC2)CC(=O)N2CC[C@@H](NC3CCCC3)[C@@H]12. The Bertz CT molecular complexity index is 1090.